The fraction of sp³-hybridized carbons (Fsp3) is 0.467. The van der Waals surface area contributed by atoms with Crippen molar-refractivity contribution in [2.75, 3.05) is 13.6 Å². The summed E-state index contributed by atoms with van der Waals surface area (Å²) >= 11 is 0. The molecule has 0 unspecified atom stereocenters. The Morgan fingerprint density at radius 1 is 1.30 bits per heavy atom. The Bertz CT molecular complexity index is 477. The summed E-state index contributed by atoms with van der Waals surface area (Å²) in [5, 5.41) is 11.3. The van der Waals surface area contributed by atoms with E-state index in [2.05, 4.69) is 17.4 Å². The number of amides is 2. The lowest BCUT2D eigenvalue weighted by Crippen LogP contribution is -2.44. The van der Waals surface area contributed by atoms with Gasteiger partial charge in [0.25, 0.3) is 0 Å². The molecule has 0 spiro atoms. The van der Waals surface area contributed by atoms with Crippen LogP contribution in [0.15, 0.2) is 24.3 Å². The van der Waals surface area contributed by atoms with Gasteiger partial charge in [-0.3, -0.25) is 4.79 Å². The van der Waals surface area contributed by atoms with E-state index in [0.717, 1.165) is 12.8 Å². The molecule has 1 aromatic carbocycles. The largest absolute Gasteiger partial charge is 0.481 e. The minimum absolute atomic E-state index is 0.0822. The second-order valence-corrected chi connectivity index (χ2v) is 5.17. The molecule has 0 bridgehead atoms. The number of nitrogens with one attached hydrogen (secondary N) is 1. The Morgan fingerprint density at radius 2 is 1.90 bits per heavy atom. The molecule has 1 aliphatic rings. The highest BCUT2D eigenvalue weighted by Gasteiger charge is 2.26. The van der Waals surface area contributed by atoms with Crippen molar-refractivity contribution in [2.24, 2.45) is 0 Å². The number of carbonyl (C=O) groups is 2. The molecular formula is C15H20N2O3. The number of hydrogen-bond donors (Lipinski definition) is 2. The van der Waals surface area contributed by atoms with E-state index in [1.165, 1.54) is 11.1 Å². The average molecular weight is 276 g/mol. The van der Waals surface area contributed by atoms with E-state index >= 15 is 0 Å². The summed E-state index contributed by atoms with van der Waals surface area (Å²) in [5.74, 6) is -0.834. The summed E-state index contributed by atoms with van der Waals surface area (Å²) < 4.78 is 0. The van der Waals surface area contributed by atoms with Crippen LogP contribution in [0.1, 0.15) is 24.0 Å². The summed E-state index contributed by atoms with van der Waals surface area (Å²) in [6.07, 6.45) is 2.31. The zero-order valence-electron chi connectivity index (χ0n) is 11.6. The van der Waals surface area contributed by atoms with Gasteiger partial charge in [-0.1, -0.05) is 24.3 Å². The van der Waals surface area contributed by atoms with Gasteiger partial charge in [0, 0.05) is 26.1 Å². The lowest BCUT2D eigenvalue weighted by Gasteiger charge is -2.24. The van der Waals surface area contributed by atoms with Gasteiger partial charge >= 0.3 is 12.0 Å². The van der Waals surface area contributed by atoms with Gasteiger partial charge in [-0.2, -0.15) is 0 Å². The highest BCUT2D eigenvalue weighted by Crippen LogP contribution is 2.24. The van der Waals surface area contributed by atoms with Crippen molar-refractivity contribution in [2.45, 2.75) is 31.7 Å². The first kappa shape index (κ1) is 14.4. The molecule has 0 saturated carbocycles. The first-order valence-electron chi connectivity index (χ1n) is 6.87. The standard InChI is InChI=1S/C15H20N2O3/c1-17(15(20)16-8-4-7-14(18)19)13-9-11-5-2-3-6-12(11)10-13/h2-3,5-6,13H,4,7-10H2,1H3,(H,16,20)(H,18,19). The van der Waals surface area contributed by atoms with Crippen molar-refractivity contribution in [1.82, 2.24) is 10.2 Å². The van der Waals surface area contributed by atoms with E-state index in [9.17, 15) is 9.59 Å². The van der Waals surface area contributed by atoms with Crippen molar-refractivity contribution >= 4 is 12.0 Å². The quantitative estimate of drug-likeness (QED) is 0.804. The molecule has 108 valence electrons. The molecule has 2 amide bonds. The number of urea groups is 1. The lowest BCUT2D eigenvalue weighted by atomic mass is 10.1. The van der Waals surface area contributed by atoms with Gasteiger partial charge in [-0.15, -0.1) is 0 Å². The molecule has 0 saturated heterocycles. The van der Waals surface area contributed by atoms with Crippen molar-refractivity contribution in [3.05, 3.63) is 35.4 Å². The van der Waals surface area contributed by atoms with Crippen LogP contribution in [0.5, 0.6) is 0 Å². The van der Waals surface area contributed by atoms with Crippen LogP contribution in [0, 0.1) is 0 Å². The number of hydrogen-bond acceptors (Lipinski definition) is 2. The van der Waals surface area contributed by atoms with Crippen molar-refractivity contribution in [3.8, 4) is 0 Å². The highest BCUT2D eigenvalue weighted by atomic mass is 16.4. The van der Waals surface area contributed by atoms with Crippen molar-refractivity contribution < 1.29 is 14.7 Å². The minimum Gasteiger partial charge on any atom is -0.481 e. The van der Waals surface area contributed by atoms with Gasteiger partial charge in [0.1, 0.15) is 0 Å². The van der Waals surface area contributed by atoms with Gasteiger partial charge in [-0.25, -0.2) is 4.79 Å². The number of nitrogens with zero attached hydrogens (tertiary/aromatic N) is 1. The highest BCUT2D eigenvalue weighted by molar-refractivity contribution is 5.74. The molecule has 0 heterocycles. The maximum atomic E-state index is 12.0. The molecule has 1 aromatic rings. The second kappa shape index (κ2) is 6.41. The predicted octanol–water partition coefficient (Wildman–Crippen LogP) is 1.66. The van der Waals surface area contributed by atoms with Gasteiger partial charge < -0.3 is 15.3 Å². The molecule has 0 atom stereocenters. The minimum atomic E-state index is -0.834. The van der Waals surface area contributed by atoms with Crippen molar-refractivity contribution in [1.29, 1.82) is 0 Å². The molecule has 5 heteroatoms. The van der Waals surface area contributed by atoms with E-state index in [0.29, 0.717) is 13.0 Å². The summed E-state index contributed by atoms with van der Waals surface area (Å²) in [5.41, 5.74) is 2.62. The second-order valence-electron chi connectivity index (χ2n) is 5.17. The summed E-state index contributed by atoms with van der Waals surface area (Å²) in [7, 11) is 1.79. The molecule has 0 radical (unpaired) electrons. The van der Waals surface area contributed by atoms with Crippen LogP contribution < -0.4 is 5.32 Å². The first-order valence-corrected chi connectivity index (χ1v) is 6.87. The topological polar surface area (TPSA) is 69.6 Å². The Labute approximate surface area is 118 Å². The van der Waals surface area contributed by atoms with Crippen LogP contribution in [-0.4, -0.2) is 41.6 Å². The third-order valence-electron chi connectivity index (χ3n) is 3.74. The SMILES string of the molecule is CN(C(=O)NCCCC(=O)O)C1Cc2ccccc2C1. The van der Waals surface area contributed by atoms with E-state index < -0.39 is 5.97 Å². The number of carboxylic acid groups (broad SMARTS) is 1. The van der Waals surface area contributed by atoms with E-state index in [4.69, 9.17) is 5.11 Å². The number of benzene rings is 1. The monoisotopic (exact) mass is 276 g/mol. The smallest absolute Gasteiger partial charge is 0.317 e. The van der Waals surface area contributed by atoms with Gasteiger partial charge in [0.15, 0.2) is 0 Å². The Balaban J connectivity index is 1.79. The van der Waals surface area contributed by atoms with Crippen LogP contribution in [0.2, 0.25) is 0 Å². The Hall–Kier alpha value is -2.04. The summed E-state index contributed by atoms with van der Waals surface area (Å²) in [4.78, 5) is 24.1. The van der Waals surface area contributed by atoms with Crippen molar-refractivity contribution in [3.63, 3.8) is 0 Å². The zero-order valence-corrected chi connectivity index (χ0v) is 11.6. The van der Waals surface area contributed by atoms with Crippen LogP contribution in [0.4, 0.5) is 4.79 Å². The van der Waals surface area contributed by atoms with E-state index in [1.54, 1.807) is 11.9 Å². The van der Waals surface area contributed by atoms with Crippen LogP contribution in [-0.2, 0) is 17.6 Å². The van der Waals surface area contributed by atoms with E-state index in [-0.39, 0.29) is 18.5 Å². The fourth-order valence-electron chi connectivity index (χ4n) is 2.53. The third kappa shape index (κ3) is 3.50. The van der Waals surface area contributed by atoms with Crippen LogP contribution in [0.3, 0.4) is 0 Å². The number of rotatable bonds is 5. The molecule has 20 heavy (non-hydrogen) atoms. The molecule has 0 fully saturated rings. The molecular weight excluding hydrogens is 256 g/mol. The Morgan fingerprint density at radius 3 is 2.45 bits per heavy atom. The van der Waals surface area contributed by atoms with Crippen LogP contribution >= 0.6 is 0 Å². The Kier molecular flexibility index (Phi) is 4.61. The molecule has 2 N–H and O–H groups in total. The maximum absolute atomic E-state index is 12.0. The first-order chi connectivity index (χ1) is 9.58. The molecule has 2 rings (SSSR count). The number of carboxylic acids is 1. The maximum Gasteiger partial charge on any atom is 0.317 e. The number of aliphatic carboxylic acids is 1. The summed E-state index contributed by atoms with van der Waals surface area (Å²) in [6.45, 7) is 0.398. The normalized spacial score (nSPS) is 13.8. The predicted molar refractivity (Wildman–Crippen MR) is 75.7 cm³/mol. The average Bonchev–Trinajstić information content (AvgIpc) is 2.86. The van der Waals surface area contributed by atoms with Crippen LogP contribution in [0.25, 0.3) is 0 Å². The molecule has 5 nitrogen and oxygen atoms in total. The van der Waals surface area contributed by atoms with Gasteiger partial charge in [-0.05, 0) is 30.4 Å². The third-order valence-corrected chi connectivity index (χ3v) is 3.74. The molecule has 0 aliphatic heterocycles. The number of fused-ring (bicyclic) bond motifs is 1. The molecule has 0 aromatic heterocycles. The number of carbonyl (C=O) groups excluding carboxylic acids is 1. The van der Waals surface area contributed by atoms with Gasteiger partial charge in [0.05, 0.1) is 0 Å². The lowest BCUT2D eigenvalue weighted by molar-refractivity contribution is -0.137. The zero-order chi connectivity index (χ0) is 14.5. The molecule has 1 aliphatic carbocycles. The fourth-order valence-corrected chi connectivity index (χ4v) is 2.53. The number of likely N-dealkylation sites (N-methyl/N-ethyl adjacent to an activating group) is 1. The van der Waals surface area contributed by atoms with Gasteiger partial charge in [0.2, 0.25) is 0 Å². The summed E-state index contributed by atoms with van der Waals surface area (Å²) in [6, 6.07) is 8.31. The van der Waals surface area contributed by atoms with E-state index in [1.807, 2.05) is 12.1 Å².